The summed E-state index contributed by atoms with van der Waals surface area (Å²) in [5.41, 5.74) is 1.80. The van der Waals surface area contributed by atoms with Gasteiger partial charge in [-0.1, -0.05) is 11.6 Å². The smallest absolute Gasteiger partial charge is 0.229 e. The molecule has 6 heteroatoms. The molecule has 134 valence electrons. The maximum absolute atomic E-state index is 12.8. The lowest BCUT2D eigenvalue weighted by atomic mass is 9.96. The van der Waals surface area contributed by atoms with E-state index >= 15 is 0 Å². The fraction of sp³-hybridized carbons (Fsp3) is 0.300. The predicted molar refractivity (Wildman–Crippen MR) is 109 cm³/mol. The fourth-order valence-electron chi connectivity index (χ4n) is 3.52. The van der Waals surface area contributed by atoms with Crippen LogP contribution in [0.2, 0.25) is 5.02 Å². The summed E-state index contributed by atoms with van der Waals surface area (Å²) >= 11 is 7.72. The van der Waals surface area contributed by atoms with Crippen LogP contribution in [0.1, 0.15) is 18.4 Å². The zero-order valence-electron chi connectivity index (χ0n) is 14.5. The Morgan fingerprint density at radius 1 is 1.35 bits per heavy atom. The zero-order valence-corrected chi connectivity index (χ0v) is 16.1. The van der Waals surface area contributed by atoms with Gasteiger partial charge in [0.2, 0.25) is 5.91 Å². The number of carbonyl (C=O) groups excluding carboxylic acids is 1. The second kappa shape index (κ2) is 7.25. The van der Waals surface area contributed by atoms with Crippen LogP contribution < -0.4 is 10.2 Å². The van der Waals surface area contributed by atoms with Crippen LogP contribution in [-0.2, 0) is 4.79 Å². The number of aromatic nitrogens is 1. The molecule has 0 radical (unpaired) electrons. The van der Waals surface area contributed by atoms with E-state index in [1.54, 1.807) is 17.4 Å². The maximum Gasteiger partial charge on any atom is 0.229 e. The number of rotatable bonds is 3. The largest absolute Gasteiger partial charge is 0.355 e. The number of anilines is 2. The van der Waals surface area contributed by atoms with E-state index in [2.05, 4.69) is 26.6 Å². The topological polar surface area (TPSA) is 45.2 Å². The molecule has 0 saturated carbocycles. The van der Waals surface area contributed by atoms with E-state index in [0.717, 1.165) is 36.5 Å². The summed E-state index contributed by atoms with van der Waals surface area (Å²) in [6, 6.07) is 9.69. The molecule has 1 saturated heterocycles. The maximum atomic E-state index is 12.8. The lowest BCUT2D eigenvalue weighted by Gasteiger charge is -2.33. The van der Waals surface area contributed by atoms with Gasteiger partial charge in [-0.05, 0) is 61.0 Å². The Balaban J connectivity index is 1.51. The second-order valence-electron chi connectivity index (χ2n) is 6.70. The quantitative estimate of drug-likeness (QED) is 0.681. The third-order valence-corrected chi connectivity index (χ3v) is 6.01. The number of pyridine rings is 1. The third-order valence-electron chi connectivity index (χ3n) is 4.90. The molecule has 1 fully saturated rings. The highest BCUT2D eigenvalue weighted by Gasteiger charge is 2.27. The molecule has 0 aliphatic carbocycles. The van der Waals surface area contributed by atoms with Crippen molar-refractivity contribution in [3.63, 3.8) is 0 Å². The minimum atomic E-state index is -0.0467. The number of thiophene rings is 1. The molecule has 1 aromatic carbocycles. The Labute approximate surface area is 161 Å². The van der Waals surface area contributed by atoms with Crippen molar-refractivity contribution in [3.05, 3.63) is 52.5 Å². The highest BCUT2D eigenvalue weighted by Crippen LogP contribution is 2.31. The van der Waals surface area contributed by atoms with E-state index in [-0.39, 0.29) is 11.8 Å². The normalized spacial score (nSPS) is 17.5. The summed E-state index contributed by atoms with van der Waals surface area (Å²) < 4.78 is 1.23. The van der Waals surface area contributed by atoms with Crippen LogP contribution >= 0.6 is 22.9 Å². The van der Waals surface area contributed by atoms with Crippen LogP contribution in [-0.4, -0.2) is 24.0 Å². The number of benzene rings is 1. The zero-order chi connectivity index (χ0) is 18.1. The Morgan fingerprint density at radius 2 is 2.23 bits per heavy atom. The molecule has 2 aromatic heterocycles. The summed E-state index contributed by atoms with van der Waals surface area (Å²) in [4.78, 5) is 19.6. The molecular weight excluding hydrogens is 366 g/mol. The highest BCUT2D eigenvalue weighted by molar-refractivity contribution is 7.17. The van der Waals surface area contributed by atoms with Crippen LogP contribution in [0.15, 0.2) is 41.9 Å². The molecule has 0 unspecified atom stereocenters. The van der Waals surface area contributed by atoms with Crippen LogP contribution in [0.3, 0.4) is 0 Å². The van der Waals surface area contributed by atoms with Gasteiger partial charge in [0, 0.05) is 40.1 Å². The molecule has 1 atom stereocenters. The summed E-state index contributed by atoms with van der Waals surface area (Å²) in [6.45, 7) is 3.59. The molecule has 0 spiro atoms. The van der Waals surface area contributed by atoms with Gasteiger partial charge in [-0.3, -0.25) is 4.79 Å². The van der Waals surface area contributed by atoms with E-state index in [1.807, 2.05) is 31.3 Å². The molecule has 4 nitrogen and oxygen atoms in total. The van der Waals surface area contributed by atoms with E-state index in [9.17, 15) is 4.79 Å². The van der Waals surface area contributed by atoms with Gasteiger partial charge in [-0.15, -0.1) is 11.3 Å². The first-order valence-corrected chi connectivity index (χ1v) is 10.0. The highest BCUT2D eigenvalue weighted by atomic mass is 35.5. The molecule has 3 aromatic rings. The monoisotopic (exact) mass is 385 g/mol. The molecule has 1 N–H and O–H groups in total. The summed E-state index contributed by atoms with van der Waals surface area (Å²) in [7, 11) is 0. The molecule has 4 rings (SSSR count). The van der Waals surface area contributed by atoms with Gasteiger partial charge in [-0.25, -0.2) is 4.98 Å². The molecular formula is C20H20ClN3OS. The third kappa shape index (κ3) is 3.41. The number of piperidine rings is 1. The number of amides is 1. The average molecular weight is 386 g/mol. The number of nitrogens with one attached hydrogen (secondary N) is 1. The van der Waals surface area contributed by atoms with Gasteiger partial charge in [0.05, 0.1) is 5.92 Å². The standard InChI is InChI=1S/C20H20ClN3OS/c1-13-11-15(21)4-5-17(13)23-20(25)14-3-2-9-24(12-14)19-16-7-10-26-18(16)6-8-22-19/h4-8,10-11,14H,2-3,9,12H2,1H3,(H,23,25)/t14-/m0/s1. The number of carbonyl (C=O) groups is 1. The van der Waals surface area contributed by atoms with Crippen LogP contribution in [0.5, 0.6) is 0 Å². The van der Waals surface area contributed by atoms with Crippen molar-refractivity contribution >= 4 is 50.4 Å². The second-order valence-corrected chi connectivity index (χ2v) is 8.08. The molecule has 1 amide bonds. The first-order chi connectivity index (χ1) is 12.6. The Morgan fingerprint density at radius 3 is 3.08 bits per heavy atom. The van der Waals surface area contributed by atoms with Gasteiger partial charge >= 0.3 is 0 Å². The summed E-state index contributed by atoms with van der Waals surface area (Å²) in [5.74, 6) is 1.01. The molecule has 3 heterocycles. The first-order valence-electron chi connectivity index (χ1n) is 8.76. The minimum absolute atomic E-state index is 0.0467. The number of hydrogen-bond donors (Lipinski definition) is 1. The first kappa shape index (κ1) is 17.3. The van der Waals surface area contributed by atoms with Crippen LogP contribution in [0.25, 0.3) is 10.1 Å². The van der Waals surface area contributed by atoms with Gasteiger partial charge in [0.1, 0.15) is 5.82 Å². The van der Waals surface area contributed by atoms with Crippen LogP contribution in [0, 0.1) is 12.8 Å². The van der Waals surface area contributed by atoms with E-state index in [1.165, 1.54) is 10.1 Å². The van der Waals surface area contributed by atoms with Crippen molar-refractivity contribution in [2.45, 2.75) is 19.8 Å². The molecule has 1 aliphatic heterocycles. The van der Waals surface area contributed by atoms with Crippen molar-refractivity contribution in [1.82, 2.24) is 4.98 Å². The Kier molecular flexibility index (Phi) is 4.83. The van der Waals surface area contributed by atoms with E-state index in [4.69, 9.17) is 11.6 Å². The molecule has 1 aliphatic rings. The SMILES string of the molecule is Cc1cc(Cl)ccc1NC(=O)[C@H]1CCCN(c2nccc3sccc23)C1. The Bertz CT molecular complexity index is 955. The van der Waals surface area contributed by atoms with Gasteiger partial charge in [-0.2, -0.15) is 0 Å². The number of nitrogens with zero attached hydrogens (tertiary/aromatic N) is 2. The summed E-state index contributed by atoms with van der Waals surface area (Å²) in [5, 5.41) is 7.01. The van der Waals surface area contributed by atoms with Crippen molar-refractivity contribution < 1.29 is 4.79 Å². The van der Waals surface area contributed by atoms with Gasteiger partial charge in [0.15, 0.2) is 0 Å². The molecule has 26 heavy (non-hydrogen) atoms. The van der Waals surface area contributed by atoms with Crippen LogP contribution in [0.4, 0.5) is 11.5 Å². The van der Waals surface area contributed by atoms with Crippen molar-refractivity contribution in [1.29, 1.82) is 0 Å². The molecule has 0 bridgehead atoms. The van der Waals surface area contributed by atoms with Gasteiger partial charge < -0.3 is 10.2 Å². The lowest BCUT2D eigenvalue weighted by molar-refractivity contribution is -0.120. The average Bonchev–Trinajstić information content (AvgIpc) is 3.13. The number of aryl methyl sites for hydroxylation is 1. The lowest BCUT2D eigenvalue weighted by Crippen LogP contribution is -2.41. The van der Waals surface area contributed by atoms with E-state index < -0.39 is 0 Å². The van der Waals surface area contributed by atoms with Crippen molar-refractivity contribution in [2.75, 3.05) is 23.3 Å². The van der Waals surface area contributed by atoms with Crippen molar-refractivity contribution in [2.24, 2.45) is 5.92 Å². The van der Waals surface area contributed by atoms with E-state index in [0.29, 0.717) is 11.6 Å². The number of fused-ring (bicyclic) bond motifs is 1. The fourth-order valence-corrected chi connectivity index (χ4v) is 4.52. The minimum Gasteiger partial charge on any atom is -0.355 e. The predicted octanol–water partition coefficient (Wildman–Crippen LogP) is 5.11. The Hall–Kier alpha value is -2.11. The summed E-state index contributed by atoms with van der Waals surface area (Å²) in [6.07, 6.45) is 3.74. The number of halogens is 1. The number of hydrogen-bond acceptors (Lipinski definition) is 4. The van der Waals surface area contributed by atoms with Crippen molar-refractivity contribution in [3.8, 4) is 0 Å². The van der Waals surface area contributed by atoms with Gasteiger partial charge in [0.25, 0.3) is 0 Å².